The van der Waals surface area contributed by atoms with E-state index in [0.29, 0.717) is 25.9 Å². The lowest BCUT2D eigenvalue weighted by Gasteiger charge is -2.17. The molecule has 0 aromatic rings. The van der Waals surface area contributed by atoms with E-state index in [0.717, 1.165) is 0 Å². The number of hydrogen-bond acceptors (Lipinski definition) is 2. The van der Waals surface area contributed by atoms with Crippen molar-refractivity contribution in [1.82, 2.24) is 4.90 Å². The predicted octanol–water partition coefficient (Wildman–Crippen LogP) is 0.120. The Morgan fingerprint density at radius 1 is 1.42 bits per heavy atom. The SMILES string of the molecule is CCN(CCCC(N)=O)C(C)=O. The van der Waals surface area contributed by atoms with Crippen LogP contribution in [0.2, 0.25) is 0 Å². The van der Waals surface area contributed by atoms with Crippen molar-refractivity contribution in [3.8, 4) is 0 Å². The van der Waals surface area contributed by atoms with E-state index in [1.165, 1.54) is 6.92 Å². The fourth-order valence-corrected chi connectivity index (χ4v) is 0.982. The van der Waals surface area contributed by atoms with Crippen molar-refractivity contribution in [3.05, 3.63) is 0 Å². The van der Waals surface area contributed by atoms with Crippen LogP contribution in [0.3, 0.4) is 0 Å². The van der Waals surface area contributed by atoms with Crippen molar-refractivity contribution < 1.29 is 9.59 Å². The van der Waals surface area contributed by atoms with Gasteiger partial charge in [0.2, 0.25) is 11.8 Å². The van der Waals surface area contributed by atoms with E-state index in [1.54, 1.807) is 4.90 Å². The molecule has 0 atom stereocenters. The summed E-state index contributed by atoms with van der Waals surface area (Å²) in [5.74, 6) is -0.267. The number of amides is 2. The Hall–Kier alpha value is -1.06. The molecule has 4 heteroatoms. The van der Waals surface area contributed by atoms with Crippen LogP contribution in [0.5, 0.6) is 0 Å². The van der Waals surface area contributed by atoms with Gasteiger partial charge in [-0.3, -0.25) is 9.59 Å². The third-order valence-corrected chi connectivity index (χ3v) is 1.68. The van der Waals surface area contributed by atoms with Crippen LogP contribution in [0.25, 0.3) is 0 Å². The highest BCUT2D eigenvalue weighted by Crippen LogP contribution is 1.94. The topological polar surface area (TPSA) is 63.4 Å². The van der Waals surface area contributed by atoms with Crippen LogP contribution in [-0.2, 0) is 9.59 Å². The van der Waals surface area contributed by atoms with Gasteiger partial charge in [0.05, 0.1) is 0 Å². The molecule has 0 unspecified atom stereocenters. The Balaban J connectivity index is 3.59. The quantitative estimate of drug-likeness (QED) is 0.640. The van der Waals surface area contributed by atoms with Crippen LogP contribution in [0.1, 0.15) is 26.7 Å². The van der Waals surface area contributed by atoms with Gasteiger partial charge in [-0.25, -0.2) is 0 Å². The van der Waals surface area contributed by atoms with Gasteiger partial charge >= 0.3 is 0 Å². The highest BCUT2D eigenvalue weighted by atomic mass is 16.2. The Bertz CT molecular complexity index is 168. The van der Waals surface area contributed by atoms with Crippen LogP contribution in [-0.4, -0.2) is 29.8 Å². The molecule has 2 amide bonds. The zero-order valence-corrected chi connectivity index (χ0v) is 7.67. The van der Waals surface area contributed by atoms with Crippen molar-refractivity contribution in [1.29, 1.82) is 0 Å². The highest BCUT2D eigenvalue weighted by molar-refractivity contribution is 5.74. The van der Waals surface area contributed by atoms with Gasteiger partial charge in [-0.05, 0) is 13.3 Å². The number of hydrogen-bond donors (Lipinski definition) is 1. The minimum atomic E-state index is -0.311. The minimum absolute atomic E-state index is 0.0435. The van der Waals surface area contributed by atoms with Crippen LogP contribution < -0.4 is 5.73 Å². The van der Waals surface area contributed by atoms with Crippen molar-refractivity contribution in [3.63, 3.8) is 0 Å². The number of carbonyl (C=O) groups is 2. The van der Waals surface area contributed by atoms with Crippen LogP contribution >= 0.6 is 0 Å². The zero-order chi connectivity index (χ0) is 9.56. The summed E-state index contributed by atoms with van der Waals surface area (Å²) >= 11 is 0. The molecule has 0 aromatic heterocycles. The van der Waals surface area contributed by atoms with Crippen molar-refractivity contribution in [2.24, 2.45) is 5.73 Å². The maximum atomic E-state index is 10.9. The van der Waals surface area contributed by atoms with Gasteiger partial charge in [-0.15, -0.1) is 0 Å². The van der Waals surface area contributed by atoms with Gasteiger partial charge < -0.3 is 10.6 Å². The summed E-state index contributed by atoms with van der Waals surface area (Å²) in [4.78, 5) is 22.9. The molecule has 0 saturated carbocycles. The molecule has 0 aliphatic carbocycles. The summed E-state index contributed by atoms with van der Waals surface area (Å²) in [6.45, 7) is 4.74. The Morgan fingerprint density at radius 2 is 2.00 bits per heavy atom. The Labute approximate surface area is 72.7 Å². The average molecular weight is 172 g/mol. The number of nitrogens with two attached hydrogens (primary N) is 1. The lowest BCUT2D eigenvalue weighted by atomic mass is 10.3. The Kier molecular flexibility index (Phi) is 5.08. The second kappa shape index (κ2) is 5.57. The van der Waals surface area contributed by atoms with Gasteiger partial charge in [0.25, 0.3) is 0 Å². The van der Waals surface area contributed by atoms with E-state index in [-0.39, 0.29) is 11.8 Å². The zero-order valence-electron chi connectivity index (χ0n) is 7.67. The van der Waals surface area contributed by atoms with E-state index in [2.05, 4.69) is 0 Å². The summed E-state index contributed by atoms with van der Waals surface area (Å²) < 4.78 is 0. The number of carbonyl (C=O) groups excluding carboxylic acids is 2. The van der Waals surface area contributed by atoms with E-state index < -0.39 is 0 Å². The number of rotatable bonds is 5. The first-order valence-corrected chi connectivity index (χ1v) is 4.11. The maximum Gasteiger partial charge on any atom is 0.219 e. The molecule has 70 valence electrons. The molecule has 0 aromatic carbocycles. The highest BCUT2D eigenvalue weighted by Gasteiger charge is 2.05. The molecule has 0 radical (unpaired) electrons. The second-order valence-electron chi connectivity index (χ2n) is 2.67. The monoisotopic (exact) mass is 172 g/mol. The molecule has 0 bridgehead atoms. The van der Waals surface area contributed by atoms with Crippen LogP contribution in [0, 0.1) is 0 Å². The van der Waals surface area contributed by atoms with E-state index in [4.69, 9.17) is 5.73 Å². The first-order valence-electron chi connectivity index (χ1n) is 4.11. The molecular formula is C8H16N2O2. The summed E-state index contributed by atoms with van der Waals surface area (Å²) in [5.41, 5.74) is 4.95. The fraction of sp³-hybridized carbons (Fsp3) is 0.750. The third kappa shape index (κ3) is 4.71. The average Bonchev–Trinajstić information content (AvgIpc) is 1.96. The van der Waals surface area contributed by atoms with Gasteiger partial charge in [0.1, 0.15) is 0 Å². The van der Waals surface area contributed by atoms with E-state index in [1.807, 2.05) is 6.92 Å². The van der Waals surface area contributed by atoms with Crippen molar-refractivity contribution >= 4 is 11.8 Å². The summed E-state index contributed by atoms with van der Waals surface area (Å²) in [5, 5.41) is 0. The summed E-state index contributed by atoms with van der Waals surface area (Å²) in [6.07, 6.45) is 1.01. The molecule has 12 heavy (non-hydrogen) atoms. The lowest BCUT2D eigenvalue weighted by molar-refractivity contribution is -0.129. The number of nitrogens with zero attached hydrogens (tertiary/aromatic N) is 1. The summed E-state index contributed by atoms with van der Waals surface area (Å²) in [7, 11) is 0. The predicted molar refractivity (Wildman–Crippen MR) is 46.4 cm³/mol. The molecule has 0 aliphatic heterocycles. The van der Waals surface area contributed by atoms with Crippen LogP contribution in [0.4, 0.5) is 0 Å². The molecule has 2 N–H and O–H groups in total. The first-order chi connectivity index (χ1) is 5.57. The lowest BCUT2D eigenvalue weighted by Crippen LogP contribution is -2.30. The molecule has 0 aliphatic rings. The molecule has 0 saturated heterocycles. The molecular weight excluding hydrogens is 156 g/mol. The largest absolute Gasteiger partial charge is 0.370 e. The van der Waals surface area contributed by atoms with E-state index in [9.17, 15) is 9.59 Å². The standard InChI is InChI=1S/C8H16N2O2/c1-3-10(7(2)11)6-4-5-8(9)12/h3-6H2,1-2H3,(H2,9,12). The minimum Gasteiger partial charge on any atom is -0.370 e. The third-order valence-electron chi connectivity index (χ3n) is 1.68. The molecule has 0 rings (SSSR count). The summed E-state index contributed by atoms with van der Waals surface area (Å²) in [6, 6.07) is 0. The molecule has 4 nitrogen and oxygen atoms in total. The van der Waals surface area contributed by atoms with Crippen LogP contribution in [0.15, 0.2) is 0 Å². The van der Waals surface area contributed by atoms with Gasteiger partial charge in [0, 0.05) is 26.4 Å². The Morgan fingerprint density at radius 3 is 2.33 bits per heavy atom. The van der Waals surface area contributed by atoms with Crippen molar-refractivity contribution in [2.75, 3.05) is 13.1 Å². The van der Waals surface area contributed by atoms with Gasteiger partial charge in [0.15, 0.2) is 0 Å². The molecule has 0 spiro atoms. The van der Waals surface area contributed by atoms with Crippen molar-refractivity contribution in [2.45, 2.75) is 26.7 Å². The number of primary amides is 1. The fourth-order valence-electron chi connectivity index (χ4n) is 0.982. The second-order valence-corrected chi connectivity index (χ2v) is 2.67. The first kappa shape index (κ1) is 10.9. The van der Waals surface area contributed by atoms with Gasteiger partial charge in [-0.2, -0.15) is 0 Å². The van der Waals surface area contributed by atoms with E-state index >= 15 is 0 Å². The molecule has 0 fully saturated rings. The molecule has 0 heterocycles. The van der Waals surface area contributed by atoms with Gasteiger partial charge in [-0.1, -0.05) is 0 Å². The maximum absolute atomic E-state index is 10.9. The smallest absolute Gasteiger partial charge is 0.219 e. The normalized spacial score (nSPS) is 9.50.